The van der Waals surface area contributed by atoms with Crippen LogP contribution in [0.4, 0.5) is 11.4 Å². The van der Waals surface area contributed by atoms with Crippen molar-refractivity contribution in [3.63, 3.8) is 0 Å². The van der Waals surface area contributed by atoms with Crippen LogP contribution in [0.3, 0.4) is 0 Å². The van der Waals surface area contributed by atoms with Crippen LogP contribution in [0.5, 0.6) is 0 Å². The van der Waals surface area contributed by atoms with Crippen molar-refractivity contribution in [2.24, 2.45) is 5.73 Å². The fourth-order valence-corrected chi connectivity index (χ4v) is 1.97. The number of aromatic nitrogens is 1. The number of amides is 1. The van der Waals surface area contributed by atoms with E-state index in [1.165, 1.54) is 11.3 Å². The number of rotatable bonds is 4. The van der Waals surface area contributed by atoms with E-state index in [1.54, 1.807) is 29.9 Å². The molecular formula is C11H12N4OS. The van der Waals surface area contributed by atoms with E-state index in [0.717, 1.165) is 4.88 Å². The maximum absolute atomic E-state index is 11.2. The summed E-state index contributed by atoms with van der Waals surface area (Å²) in [5.41, 5.74) is 14.4. The molecule has 0 radical (unpaired) electrons. The zero-order valence-electron chi connectivity index (χ0n) is 9.01. The Labute approximate surface area is 102 Å². The van der Waals surface area contributed by atoms with Crippen LogP contribution in [0, 0.1) is 0 Å². The molecule has 0 atom stereocenters. The molecule has 0 fully saturated rings. The lowest BCUT2D eigenvalue weighted by molar-refractivity contribution is 0.100. The normalized spacial score (nSPS) is 10.1. The number of nitrogens with zero attached hydrogens (tertiary/aromatic N) is 1. The van der Waals surface area contributed by atoms with Crippen molar-refractivity contribution in [2.45, 2.75) is 6.54 Å². The molecule has 1 aromatic carbocycles. The van der Waals surface area contributed by atoms with Gasteiger partial charge in [-0.2, -0.15) is 0 Å². The molecule has 0 saturated heterocycles. The lowest BCUT2D eigenvalue weighted by Crippen LogP contribution is -2.14. The van der Waals surface area contributed by atoms with Gasteiger partial charge >= 0.3 is 0 Å². The van der Waals surface area contributed by atoms with Gasteiger partial charge in [-0.05, 0) is 18.2 Å². The Bertz CT molecular complexity index is 524. The molecule has 5 nitrogen and oxygen atoms in total. The quantitative estimate of drug-likeness (QED) is 0.713. The van der Waals surface area contributed by atoms with Gasteiger partial charge in [-0.3, -0.25) is 9.78 Å². The summed E-state index contributed by atoms with van der Waals surface area (Å²) in [6, 6.07) is 4.96. The van der Waals surface area contributed by atoms with E-state index in [1.807, 2.05) is 0 Å². The van der Waals surface area contributed by atoms with Crippen LogP contribution in [-0.4, -0.2) is 10.9 Å². The van der Waals surface area contributed by atoms with Crippen LogP contribution >= 0.6 is 11.3 Å². The van der Waals surface area contributed by atoms with Crippen LogP contribution < -0.4 is 16.8 Å². The van der Waals surface area contributed by atoms with Gasteiger partial charge in [0, 0.05) is 22.4 Å². The monoisotopic (exact) mass is 248 g/mol. The molecule has 0 saturated carbocycles. The van der Waals surface area contributed by atoms with E-state index >= 15 is 0 Å². The molecule has 17 heavy (non-hydrogen) atoms. The summed E-state index contributed by atoms with van der Waals surface area (Å²) in [5, 5.41) is 3.13. The van der Waals surface area contributed by atoms with Gasteiger partial charge in [0.1, 0.15) is 0 Å². The zero-order chi connectivity index (χ0) is 12.3. The number of thiazole rings is 1. The van der Waals surface area contributed by atoms with Crippen molar-refractivity contribution in [3.8, 4) is 0 Å². The Morgan fingerprint density at radius 2 is 2.29 bits per heavy atom. The molecule has 0 aliphatic carbocycles. The standard InChI is InChI=1S/C11H12N4OS/c12-7-1-2-9(11(13)16)10(3-7)15-5-8-4-14-6-17-8/h1-4,6,15H,5,12H2,(H2,13,16). The molecule has 2 aromatic rings. The van der Waals surface area contributed by atoms with Crippen molar-refractivity contribution in [1.82, 2.24) is 4.98 Å². The minimum absolute atomic E-state index is 0.434. The highest BCUT2D eigenvalue weighted by atomic mass is 32.1. The number of nitrogens with two attached hydrogens (primary N) is 2. The van der Waals surface area contributed by atoms with Gasteiger partial charge in [-0.1, -0.05) is 0 Å². The van der Waals surface area contributed by atoms with E-state index in [2.05, 4.69) is 10.3 Å². The Kier molecular flexibility index (Phi) is 3.24. The second-order valence-electron chi connectivity index (χ2n) is 3.49. The molecule has 1 aromatic heterocycles. The molecule has 1 amide bonds. The number of carbonyl (C=O) groups excluding carboxylic acids is 1. The third-order valence-electron chi connectivity index (χ3n) is 2.25. The second-order valence-corrected chi connectivity index (χ2v) is 4.46. The molecular weight excluding hydrogens is 236 g/mol. The number of nitrogens with one attached hydrogen (secondary N) is 1. The fourth-order valence-electron chi connectivity index (χ4n) is 1.43. The highest BCUT2D eigenvalue weighted by molar-refractivity contribution is 7.09. The molecule has 2 rings (SSSR count). The Balaban J connectivity index is 2.19. The highest BCUT2D eigenvalue weighted by Crippen LogP contribution is 2.20. The van der Waals surface area contributed by atoms with E-state index < -0.39 is 5.91 Å². The first kappa shape index (κ1) is 11.4. The van der Waals surface area contributed by atoms with Crippen molar-refractivity contribution in [2.75, 3.05) is 11.1 Å². The number of benzene rings is 1. The third-order valence-corrected chi connectivity index (χ3v) is 3.03. The number of nitrogen functional groups attached to an aromatic ring is 1. The topological polar surface area (TPSA) is 94.0 Å². The van der Waals surface area contributed by atoms with Crippen LogP contribution in [0.1, 0.15) is 15.2 Å². The van der Waals surface area contributed by atoms with Crippen LogP contribution in [0.2, 0.25) is 0 Å². The molecule has 0 aliphatic rings. The molecule has 6 heteroatoms. The summed E-state index contributed by atoms with van der Waals surface area (Å²) >= 11 is 1.54. The average Bonchev–Trinajstić information content (AvgIpc) is 2.78. The number of hydrogen-bond acceptors (Lipinski definition) is 5. The summed E-state index contributed by atoms with van der Waals surface area (Å²) in [6.07, 6.45) is 1.77. The Morgan fingerprint density at radius 1 is 1.47 bits per heavy atom. The van der Waals surface area contributed by atoms with E-state index in [0.29, 0.717) is 23.5 Å². The first-order chi connectivity index (χ1) is 8.16. The fraction of sp³-hybridized carbons (Fsp3) is 0.0909. The van der Waals surface area contributed by atoms with Crippen molar-refractivity contribution in [1.29, 1.82) is 0 Å². The van der Waals surface area contributed by atoms with Crippen molar-refractivity contribution < 1.29 is 4.79 Å². The highest BCUT2D eigenvalue weighted by Gasteiger charge is 2.08. The number of primary amides is 1. The molecule has 0 unspecified atom stereocenters. The van der Waals surface area contributed by atoms with Crippen LogP contribution in [0.15, 0.2) is 29.9 Å². The van der Waals surface area contributed by atoms with Gasteiger partial charge in [-0.25, -0.2) is 0 Å². The predicted octanol–water partition coefficient (Wildman–Crippen LogP) is 1.44. The largest absolute Gasteiger partial charge is 0.399 e. The first-order valence-electron chi connectivity index (χ1n) is 4.97. The average molecular weight is 248 g/mol. The van der Waals surface area contributed by atoms with Gasteiger partial charge in [0.05, 0.1) is 17.6 Å². The summed E-state index contributed by atoms with van der Waals surface area (Å²) in [5.74, 6) is -0.475. The summed E-state index contributed by atoms with van der Waals surface area (Å²) < 4.78 is 0. The zero-order valence-corrected chi connectivity index (χ0v) is 9.83. The smallest absolute Gasteiger partial charge is 0.250 e. The SMILES string of the molecule is NC(=O)c1ccc(N)cc1NCc1cncs1. The number of carbonyl (C=O) groups is 1. The summed E-state index contributed by atoms with van der Waals surface area (Å²) in [4.78, 5) is 16.3. The summed E-state index contributed by atoms with van der Waals surface area (Å²) in [6.45, 7) is 0.592. The minimum Gasteiger partial charge on any atom is -0.399 e. The molecule has 1 heterocycles. The summed E-state index contributed by atoms with van der Waals surface area (Å²) in [7, 11) is 0. The Morgan fingerprint density at radius 3 is 2.94 bits per heavy atom. The minimum atomic E-state index is -0.475. The lowest BCUT2D eigenvalue weighted by atomic mass is 10.1. The molecule has 5 N–H and O–H groups in total. The van der Waals surface area contributed by atoms with Gasteiger partial charge in [0.25, 0.3) is 5.91 Å². The molecule has 88 valence electrons. The molecule has 0 bridgehead atoms. The van der Waals surface area contributed by atoms with Gasteiger partial charge < -0.3 is 16.8 Å². The van der Waals surface area contributed by atoms with E-state index in [9.17, 15) is 4.79 Å². The molecule has 0 spiro atoms. The third kappa shape index (κ3) is 2.73. The van der Waals surface area contributed by atoms with Gasteiger partial charge in [0.2, 0.25) is 0 Å². The maximum atomic E-state index is 11.2. The van der Waals surface area contributed by atoms with Crippen molar-refractivity contribution >= 4 is 28.6 Å². The second kappa shape index (κ2) is 4.84. The number of anilines is 2. The van der Waals surface area contributed by atoms with E-state index in [4.69, 9.17) is 11.5 Å². The van der Waals surface area contributed by atoms with Gasteiger partial charge in [0.15, 0.2) is 0 Å². The Hall–Kier alpha value is -2.08. The van der Waals surface area contributed by atoms with Gasteiger partial charge in [-0.15, -0.1) is 11.3 Å². The predicted molar refractivity (Wildman–Crippen MR) is 68.8 cm³/mol. The first-order valence-corrected chi connectivity index (χ1v) is 5.85. The van der Waals surface area contributed by atoms with E-state index in [-0.39, 0.29) is 0 Å². The molecule has 0 aliphatic heterocycles. The lowest BCUT2D eigenvalue weighted by Gasteiger charge is -2.09. The van der Waals surface area contributed by atoms with Crippen LogP contribution in [-0.2, 0) is 6.54 Å². The van der Waals surface area contributed by atoms with Crippen molar-refractivity contribution in [3.05, 3.63) is 40.3 Å². The maximum Gasteiger partial charge on any atom is 0.250 e. The number of hydrogen-bond donors (Lipinski definition) is 3. The van der Waals surface area contributed by atoms with Crippen LogP contribution in [0.25, 0.3) is 0 Å².